The zero-order valence-corrected chi connectivity index (χ0v) is 65.5. The summed E-state index contributed by atoms with van der Waals surface area (Å²) in [4.78, 5) is 43.4. The molecular weight excluding hydrogens is 1560 g/mol. The molecule has 0 bridgehead atoms. The Morgan fingerprint density at radius 3 is 1.64 bits per heavy atom. The molecule has 4 saturated carbocycles. The average molecular weight is 1680 g/mol. The monoisotopic (exact) mass is 1670 g/mol. The van der Waals surface area contributed by atoms with Crippen LogP contribution in [0.15, 0.2) is 11.6 Å². The number of rotatable bonds is 21. The van der Waals surface area contributed by atoms with Gasteiger partial charge >= 0.3 is 11.9 Å². The number of aliphatic hydroxyl groups is 21. The van der Waals surface area contributed by atoms with E-state index in [4.69, 9.17) is 75.8 Å². The normalized spacial score (nSPS) is 54.9. The SMILES string of the molecule is C[C@@H]1O[C@@H](O[C@H]2[C@H](OC(=O)[C@]34CCC(C)(C)C[C@H]3C3=CCC5[C@@]6(C)CC[C@H](O[C@@H]7O[C@H](C(=O)O)[C@@H](O)[C@H](O[C@@H]8OC[C@@H](O)[C@H](O)[C@H]8O)[C@H]7O[C@@H]7O[C@H](CO)[C@H](O)[C@H](O)[C@H]7O)[C@@](C)(C=O)C6CC[C@@]5(C)[C@]3(C)C[C@H]4O)O[C@H](C)[C@H](O)[C@@H]2O)[C@H](O)[C@H](O[C@@H]2O[C@H](CO)[C@@H](O)[C@H](O)[C@H]2O)[C@H]1O[C@@H]1OC[C@@H](O)[C@H](O[C@@H]2OC[C@](O)(CO)[C@H]2O)[C@H]1O. The van der Waals surface area contributed by atoms with E-state index in [0.29, 0.717) is 38.5 Å². The summed E-state index contributed by atoms with van der Waals surface area (Å²) >= 11 is 0. The molecule has 2 unspecified atom stereocenters. The van der Waals surface area contributed by atoms with Crippen molar-refractivity contribution in [2.75, 3.05) is 39.6 Å². The van der Waals surface area contributed by atoms with Crippen LogP contribution >= 0.6 is 0 Å². The molecule has 0 radical (unpaired) electrons. The third-order valence-corrected chi connectivity index (χ3v) is 28.7. The number of carbonyl (C=O) groups excluding carboxylic acids is 2. The molecular formula is C75H118O41. The van der Waals surface area contributed by atoms with Crippen LogP contribution in [0.1, 0.15) is 113 Å². The lowest BCUT2D eigenvalue weighted by Gasteiger charge is -2.71. The molecule has 8 saturated heterocycles. The first kappa shape index (κ1) is 90.6. The van der Waals surface area contributed by atoms with E-state index in [1.807, 2.05) is 13.8 Å². The molecule has 5 aliphatic carbocycles. The molecule has 22 N–H and O–H groups in total. The van der Waals surface area contributed by atoms with Crippen molar-refractivity contribution in [3.63, 3.8) is 0 Å². The van der Waals surface area contributed by atoms with Crippen molar-refractivity contribution in [3.8, 4) is 0 Å². The van der Waals surface area contributed by atoms with Gasteiger partial charge < -0.3 is 193 Å². The Morgan fingerprint density at radius 1 is 0.491 bits per heavy atom. The Kier molecular flexibility index (Phi) is 26.6. The topological polar surface area (TPSA) is 644 Å². The van der Waals surface area contributed by atoms with E-state index >= 15 is 4.79 Å². The molecule has 0 spiro atoms. The summed E-state index contributed by atoms with van der Waals surface area (Å²) in [5, 5.41) is 244. The predicted molar refractivity (Wildman–Crippen MR) is 375 cm³/mol. The highest BCUT2D eigenvalue weighted by molar-refractivity contribution is 5.80. The smallest absolute Gasteiger partial charge is 0.335 e. The van der Waals surface area contributed by atoms with Crippen LogP contribution in [0.4, 0.5) is 0 Å². The zero-order chi connectivity index (χ0) is 84.7. The van der Waals surface area contributed by atoms with E-state index in [2.05, 4.69) is 26.8 Å². The lowest BCUT2D eigenvalue weighted by atomic mass is 9.33. The number of aldehydes is 1. The molecule has 116 heavy (non-hydrogen) atoms. The van der Waals surface area contributed by atoms with Gasteiger partial charge in [-0.15, -0.1) is 0 Å². The van der Waals surface area contributed by atoms with Crippen molar-refractivity contribution in [1.29, 1.82) is 0 Å². The number of ether oxygens (including phenoxy) is 16. The van der Waals surface area contributed by atoms with Crippen LogP contribution in [-0.4, -0.2) is 403 Å². The van der Waals surface area contributed by atoms with Crippen molar-refractivity contribution >= 4 is 18.2 Å². The van der Waals surface area contributed by atoms with E-state index in [1.165, 1.54) is 13.8 Å². The highest BCUT2D eigenvalue weighted by Crippen LogP contribution is 2.76. The van der Waals surface area contributed by atoms with Gasteiger partial charge in [0.15, 0.2) is 56.2 Å². The summed E-state index contributed by atoms with van der Waals surface area (Å²) in [6.07, 6.45) is -63.7. The Morgan fingerprint density at radius 2 is 1.03 bits per heavy atom. The number of carboxylic acids is 1. The van der Waals surface area contributed by atoms with Crippen LogP contribution in [0.5, 0.6) is 0 Å². The van der Waals surface area contributed by atoms with E-state index in [-0.39, 0.29) is 25.2 Å². The maximum absolute atomic E-state index is 16.0. The second kappa shape index (κ2) is 34.1. The Balaban J connectivity index is 0.762. The van der Waals surface area contributed by atoms with Gasteiger partial charge in [-0.2, -0.15) is 0 Å². The largest absolute Gasteiger partial charge is 0.479 e. The lowest BCUT2D eigenvalue weighted by molar-refractivity contribution is -0.396. The number of carboxylic acid groups (broad SMARTS) is 1. The summed E-state index contributed by atoms with van der Waals surface area (Å²) in [6.45, 7) is 10.2. The number of aliphatic hydroxyl groups excluding tert-OH is 20. The second-order valence-electron chi connectivity index (χ2n) is 36.1. The van der Waals surface area contributed by atoms with Crippen LogP contribution in [0.25, 0.3) is 0 Å². The minimum atomic E-state index is -2.24. The molecule has 13 aliphatic rings. The van der Waals surface area contributed by atoms with Crippen LogP contribution in [-0.2, 0) is 90.2 Å². The summed E-state index contributed by atoms with van der Waals surface area (Å²) in [7, 11) is 0. The van der Waals surface area contributed by atoms with Gasteiger partial charge in [0.05, 0.1) is 69.5 Å². The first-order valence-corrected chi connectivity index (χ1v) is 39.9. The maximum Gasteiger partial charge on any atom is 0.335 e. The fourth-order valence-corrected chi connectivity index (χ4v) is 21.5. The van der Waals surface area contributed by atoms with Gasteiger partial charge in [0.2, 0.25) is 6.29 Å². The number of carbonyl (C=O) groups is 3. The molecule has 0 aromatic rings. The van der Waals surface area contributed by atoms with Gasteiger partial charge in [-0.05, 0) is 111 Å². The van der Waals surface area contributed by atoms with Crippen LogP contribution < -0.4 is 0 Å². The molecule has 46 atom stereocenters. The predicted octanol–water partition coefficient (Wildman–Crippen LogP) is -8.52. The van der Waals surface area contributed by atoms with Gasteiger partial charge in [-0.3, -0.25) is 4.79 Å². The van der Waals surface area contributed by atoms with Gasteiger partial charge in [-0.25, -0.2) is 4.79 Å². The summed E-state index contributed by atoms with van der Waals surface area (Å²) in [5.74, 6) is -4.28. The Bertz CT molecular complexity index is 3430. The first-order chi connectivity index (χ1) is 54.4. The van der Waals surface area contributed by atoms with E-state index < -0.39 is 329 Å². The van der Waals surface area contributed by atoms with Crippen molar-refractivity contribution < 1.29 is 203 Å². The maximum atomic E-state index is 16.0. The molecule has 8 aliphatic heterocycles. The fraction of sp³-hybridized carbons (Fsp3) is 0.933. The molecule has 8 heterocycles. The molecule has 12 fully saturated rings. The number of fused-ring (bicyclic) bond motifs is 7. The van der Waals surface area contributed by atoms with Crippen LogP contribution in [0.2, 0.25) is 0 Å². The fourth-order valence-electron chi connectivity index (χ4n) is 21.5. The number of hydrogen-bond acceptors (Lipinski definition) is 40. The molecule has 0 aromatic carbocycles. The molecule has 13 rings (SSSR count). The molecule has 41 nitrogen and oxygen atoms in total. The second-order valence-corrected chi connectivity index (χ2v) is 36.1. The van der Waals surface area contributed by atoms with Crippen molar-refractivity contribution in [2.45, 2.75) is 346 Å². The minimum Gasteiger partial charge on any atom is -0.479 e. The highest BCUT2D eigenvalue weighted by atomic mass is 16.8. The number of esters is 1. The summed E-state index contributed by atoms with van der Waals surface area (Å²) in [5.41, 5.74) is -7.38. The Hall–Kier alpha value is -3.09. The Labute approximate surface area is 666 Å². The molecule has 0 aromatic heterocycles. The number of allylic oxidation sites excluding steroid dienone is 2. The summed E-state index contributed by atoms with van der Waals surface area (Å²) < 4.78 is 96.5. The first-order valence-electron chi connectivity index (χ1n) is 39.9. The van der Waals surface area contributed by atoms with E-state index in [0.717, 1.165) is 11.9 Å². The highest BCUT2D eigenvalue weighted by Gasteiger charge is 2.74. The summed E-state index contributed by atoms with van der Waals surface area (Å²) in [6, 6.07) is 0. The zero-order valence-electron chi connectivity index (χ0n) is 65.5. The van der Waals surface area contributed by atoms with Crippen molar-refractivity contribution in [3.05, 3.63) is 11.6 Å². The third kappa shape index (κ3) is 15.5. The number of aliphatic carboxylic acids is 1. The van der Waals surface area contributed by atoms with Crippen molar-refractivity contribution in [1.82, 2.24) is 0 Å². The van der Waals surface area contributed by atoms with Crippen LogP contribution in [0.3, 0.4) is 0 Å². The third-order valence-electron chi connectivity index (χ3n) is 28.7. The van der Waals surface area contributed by atoms with Gasteiger partial charge in [0, 0.05) is 0 Å². The van der Waals surface area contributed by atoms with Gasteiger partial charge in [0.1, 0.15) is 158 Å². The van der Waals surface area contributed by atoms with Crippen LogP contribution in [0, 0.1) is 50.2 Å². The molecule has 41 heteroatoms. The van der Waals surface area contributed by atoms with Gasteiger partial charge in [0.25, 0.3) is 0 Å². The minimum absolute atomic E-state index is 0.0150. The number of hydrogen-bond donors (Lipinski definition) is 22. The lowest BCUT2D eigenvalue weighted by Crippen LogP contribution is -2.69. The molecule has 0 amide bonds. The van der Waals surface area contributed by atoms with Crippen molar-refractivity contribution in [2.24, 2.45) is 50.2 Å². The van der Waals surface area contributed by atoms with E-state index in [1.54, 1.807) is 6.92 Å². The van der Waals surface area contributed by atoms with Gasteiger partial charge in [-0.1, -0.05) is 53.2 Å². The standard InChI is InChI=1S/C75H118O41/c1-26-38(83)44(89)56(114-64-50(95)54(112-62-46(91)42(87)40(85)32(19-76)106-62)51(27(2)105-64)109-61-49(94)52(31(81)22-102-61)110-67-58(96)74(100,24-79)25-103-67)65(104-26)116-68(99)75-16-15-69(3,4)17-29(75)28-9-10-35-70(5)13-12-37(71(6,23-78)34(70)11-14-72(35,7)73(28,8)18-36(75)82)108-66-57(115-63-47(92)43(88)41(86)33(20-77)107-63)53(48(93)55(113-66)59(97)98)111-60-45(90)39(84)30(80)21-101-60/h9,23,26-27,29-58,60-67,76-77,79-96,100H,10-22,24-25H2,1-8H3,(H,97,98)/t26-,27+,29+,30-,31-,32-,33-,34?,35?,36-,37+,38+,39+,40-,41+,42+,43+,44+,45-,46-,47-,48+,49-,50-,51+,52+,53+,54+,55+,56-,57-,58+,60+,61+,62+,63+,64+,65+,66-,67+,70+,71+,72-,73-,74-,75-/m1/s1. The average Bonchev–Trinajstić information content (AvgIpc) is 0.711. The van der Waals surface area contributed by atoms with E-state index in [9.17, 15) is 122 Å². The molecule has 664 valence electrons. The quantitative estimate of drug-likeness (QED) is 0.0220.